The van der Waals surface area contributed by atoms with Crippen molar-refractivity contribution in [2.24, 2.45) is 0 Å². The Morgan fingerprint density at radius 1 is 1.62 bits per heavy atom. The summed E-state index contributed by atoms with van der Waals surface area (Å²) < 4.78 is 0. The summed E-state index contributed by atoms with van der Waals surface area (Å²) in [6, 6.07) is 0. The summed E-state index contributed by atoms with van der Waals surface area (Å²) in [5.74, 6) is 0. The number of alkyl halides is 1. The van der Waals surface area contributed by atoms with Crippen LogP contribution in [0.3, 0.4) is 0 Å². The highest BCUT2D eigenvalue weighted by molar-refractivity contribution is 9.09. The fourth-order valence-electron chi connectivity index (χ4n) is 0.493. The van der Waals surface area contributed by atoms with E-state index in [0.717, 1.165) is 0 Å². The third kappa shape index (κ3) is 6.22. The maximum absolute atomic E-state index is 3.47. The Labute approximate surface area is 60.1 Å². The van der Waals surface area contributed by atoms with Crippen LogP contribution < -0.4 is 0 Å². The average molecular weight is 177 g/mol. The number of rotatable bonds is 3. The van der Waals surface area contributed by atoms with Crippen LogP contribution >= 0.6 is 15.9 Å². The molecule has 1 atom stereocenters. The van der Waals surface area contributed by atoms with Crippen molar-refractivity contribution in [1.82, 2.24) is 0 Å². The molecule has 1 heteroatoms. The van der Waals surface area contributed by atoms with Crippen molar-refractivity contribution < 1.29 is 0 Å². The summed E-state index contributed by atoms with van der Waals surface area (Å²) in [5, 5.41) is 0. The first kappa shape index (κ1) is 8.22. The van der Waals surface area contributed by atoms with Crippen LogP contribution in [0.15, 0.2) is 12.2 Å². The van der Waals surface area contributed by atoms with E-state index in [2.05, 4.69) is 41.9 Å². The summed E-state index contributed by atoms with van der Waals surface area (Å²) in [6.45, 7) is 4.22. The van der Waals surface area contributed by atoms with Crippen LogP contribution in [0.2, 0.25) is 0 Å². The van der Waals surface area contributed by atoms with E-state index in [-0.39, 0.29) is 0 Å². The van der Waals surface area contributed by atoms with E-state index >= 15 is 0 Å². The molecule has 0 bridgehead atoms. The van der Waals surface area contributed by atoms with Crippen molar-refractivity contribution in [3.63, 3.8) is 0 Å². The van der Waals surface area contributed by atoms with Crippen molar-refractivity contribution in [3.8, 4) is 0 Å². The lowest BCUT2D eigenvalue weighted by Gasteiger charge is -1.95. The van der Waals surface area contributed by atoms with E-state index in [0.29, 0.717) is 4.83 Å². The van der Waals surface area contributed by atoms with Gasteiger partial charge in [0.2, 0.25) is 0 Å². The van der Waals surface area contributed by atoms with Crippen LogP contribution in [-0.2, 0) is 0 Å². The third-order valence-corrected chi connectivity index (χ3v) is 1.42. The van der Waals surface area contributed by atoms with Gasteiger partial charge in [-0.05, 0) is 19.8 Å². The molecule has 0 saturated heterocycles. The third-order valence-electron chi connectivity index (χ3n) is 0.967. The zero-order chi connectivity index (χ0) is 6.41. The van der Waals surface area contributed by atoms with Gasteiger partial charge in [-0.2, -0.15) is 0 Å². The number of hydrogen-bond donors (Lipinski definition) is 0. The van der Waals surface area contributed by atoms with Crippen molar-refractivity contribution >= 4 is 15.9 Å². The van der Waals surface area contributed by atoms with Gasteiger partial charge in [0.05, 0.1) is 0 Å². The first-order chi connectivity index (χ1) is 3.77. The molecule has 1 unspecified atom stereocenters. The second-order valence-corrected chi connectivity index (χ2v) is 3.49. The maximum atomic E-state index is 3.47. The van der Waals surface area contributed by atoms with E-state index in [1.807, 2.05) is 0 Å². The molecule has 0 fully saturated rings. The standard InChI is InChI=1S/C7H13Br/c1-3-4-5-6-7(2)8/h3-4,7H,5-6H2,1-2H3/b4-3-. The summed E-state index contributed by atoms with van der Waals surface area (Å²) in [5.41, 5.74) is 0. The Kier molecular flexibility index (Phi) is 5.51. The molecule has 0 aliphatic rings. The molecule has 0 heterocycles. The molecule has 48 valence electrons. The smallest absolute Gasteiger partial charge is 0.0120 e. The van der Waals surface area contributed by atoms with Gasteiger partial charge in [0.1, 0.15) is 0 Å². The Hall–Kier alpha value is 0.220. The highest BCUT2D eigenvalue weighted by atomic mass is 79.9. The van der Waals surface area contributed by atoms with Gasteiger partial charge < -0.3 is 0 Å². The molecule has 0 spiro atoms. The van der Waals surface area contributed by atoms with E-state index in [1.165, 1.54) is 12.8 Å². The minimum Gasteiger partial charge on any atom is -0.0917 e. The Morgan fingerprint density at radius 3 is 2.62 bits per heavy atom. The van der Waals surface area contributed by atoms with Gasteiger partial charge >= 0.3 is 0 Å². The first-order valence-corrected chi connectivity index (χ1v) is 3.94. The summed E-state index contributed by atoms with van der Waals surface area (Å²) in [4.78, 5) is 0.665. The molecular formula is C7H13Br. The summed E-state index contributed by atoms with van der Waals surface area (Å²) in [6.07, 6.45) is 6.72. The lowest BCUT2D eigenvalue weighted by Crippen LogP contribution is -1.85. The van der Waals surface area contributed by atoms with Gasteiger partial charge in [-0.15, -0.1) is 0 Å². The fourth-order valence-corrected chi connectivity index (χ4v) is 0.757. The Bertz CT molecular complexity index is 64.8. The summed E-state index contributed by atoms with van der Waals surface area (Å²) in [7, 11) is 0. The van der Waals surface area contributed by atoms with Crippen LogP contribution in [0.5, 0.6) is 0 Å². The second-order valence-electron chi connectivity index (χ2n) is 1.93. The normalized spacial score (nSPS) is 14.9. The van der Waals surface area contributed by atoms with Gasteiger partial charge in [0, 0.05) is 4.83 Å². The summed E-state index contributed by atoms with van der Waals surface area (Å²) >= 11 is 3.47. The number of allylic oxidation sites excluding steroid dienone is 2. The Balaban J connectivity index is 2.93. The zero-order valence-corrected chi connectivity index (χ0v) is 7.11. The molecule has 0 aliphatic carbocycles. The van der Waals surface area contributed by atoms with Crippen LogP contribution in [0.1, 0.15) is 26.7 Å². The molecule has 0 N–H and O–H groups in total. The second kappa shape index (κ2) is 5.36. The average Bonchev–Trinajstić information content (AvgIpc) is 1.66. The van der Waals surface area contributed by atoms with Gasteiger partial charge in [0.25, 0.3) is 0 Å². The van der Waals surface area contributed by atoms with Gasteiger partial charge in [-0.3, -0.25) is 0 Å². The highest BCUT2D eigenvalue weighted by Gasteiger charge is 1.89. The number of halogens is 1. The minimum atomic E-state index is 0.665. The minimum absolute atomic E-state index is 0.665. The van der Waals surface area contributed by atoms with Gasteiger partial charge in [-0.25, -0.2) is 0 Å². The molecule has 0 amide bonds. The molecule has 8 heavy (non-hydrogen) atoms. The monoisotopic (exact) mass is 176 g/mol. The van der Waals surface area contributed by atoms with Crippen LogP contribution in [0, 0.1) is 0 Å². The van der Waals surface area contributed by atoms with Gasteiger partial charge in [-0.1, -0.05) is 35.0 Å². The van der Waals surface area contributed by atoms with Crippen molar-refractivity contribution in [2.75, 3.05) is 0 Å². The molecule has 0 aliphatic heterocycles. The predicted molar refractivity (Wildman–Crippen MR) is 42.4 cm³/mol. The molecule has 0 nitrogen and oxygen atoms in total. The lowest BCUT2D eigenvalue weighted by atomic mass is 10.2. The topological polar surface area (TPSA) is 0 Å². The van der Waals surface area contributed by atoms with E-state index in [9.17, 15) is 0 Å². The molecule has 0 aromatic heterocycles. The molecule has 0 radical (unpaired) electrons. The fraction of sp³-hybridized carbons (Fsp3) is 0.714. The number of hydrogen-bond acceptors (Lipinski definition) is 0. The zero-order valence-electron chi connectivity index (χ0n) is 5.52. The van der Waals surface area contributed by atoms with Crippen LogP contribution in [0.4, 0.5) is 0 Å². The molecule has 0 aromatic rings. The lowest BCUT2D eigenvalue weighted by molar-refractivity contribution is 0.843. The van der Waals surface area contributed by atoms with E-state index in [1.54, 1.807) is 0 Å². The van der Waals surface area contributed by atoms with Crippen molar-refractivity contribution in [2.45, 2.75) is 31.5 Å². The quantitative estimate of drug-likeness (QED) is 0.459. The SMILES string of the molecule is C/C=C\CCC(C)Br. The maximum Gasteiger partial charge on any atom is 0.0120 e. The van der Waals surface area contributed by atoms with Crippen LogP contribution in [0.25, 0.3) is 0 Å². The predicted octanol–water partition coefficient (Wildman–Crippen LogP) is 3.13. The molecule has 0 rings (SSSR count). The molecular weight excluding hydrogens is 164 g/mol. The van der Waals surface area contributed by atoms with Crippen molar-refractivity contribution in [1.29, 1.82) is 0 Å². The van der Waals surface area contributed by atoms with Crippen LogP contribution in [-0.4, -0.2) is 4.83 Å². The molecule has 0 saturated carbocycles. The molecule has 0 aromatic carbocycles. The Morgan fingerprint density at radius 2 is 2.25 bits per heavy atom. The van der Waals surface area contributed by atoms with E-state index in [4.69, 9.17) is 0 Å². The highest BCUT2D eigenvalue weighted by Crippen LogP contribution is 2.05. The van der Waals surface area contributed by atoms with Crippen molar-refractivity contribution in [3.05, 3.63) is 12.2 Å². The largest absolute Gasteiger partial charge is 0.0917 e. The van der Waals surface area contributed by atoms with E-state index < -0.39 is 0 Å². The van der Waals surface area contributed by atoms with Gasteiger partial charge in [0.15, 0.2) is 0 Å². The first-order valence-electron chi connectivity index (χ1n) is 3.02.